The molecule has 1 saturated carbocycles. The van der Waals surface area contributed by atoms with Crippen LogP contribution >= 0.6 is 11.3 Å². The van der Waals surface area contributed by atoms with Crippen molar-refractivity contribution in [3.63, 3.8) is 0 Å². The van der Waals surface area contributed by atoms with Crippen LogP contribution in [0.1, 0.15) is 40.1 Å². The van der Waals surface area contributed by atoms with Crippen molar-refractivity contribution in [2.45, 2.75) is 26.2 Å². The number of nitrogens with one attached hydrogen (secondary N) is 1. The highest BCUT2D eigenvalue weighted by atomic mass is 32.1. The number of hydrogen-bond donors (Lipinski definition) is 1. The van der Waals surface area contributed by atoms with Gasteiger partial charge in [0.1, 0.15) is 17.3 Å². The molecular formula is C17H15F2NO2S. The number of hydrogen-bond acceptors (Lipinski definition) is 3. The summed E-state index contributed by atoms with van der Waals surface area (Å²) in [5.41, 5.74) is 0.587. The molecule has 0 saturated heterocycles. The summed E-state index contributed by atoms with van der Waals surface area (Å²) in [6, 6.07) is 3.87. The SMILES string of the molecule is CC(=O)c1cc(F)c(NC(=O)[C@@H]2C[C@H]2c2sccc2C)c(F)c1. The summed E-state index contributed by atoms with van der Waals surface area (Å²) in [5.74, 6) is -2.84. The van der Waals surface area contributed by atoms with Crippen LogP contribution in [-0.4, -0.2) is 11.7 Å². The van der Waals surface area contributed by atoms with Crippen molar-refractivity contribution in [3.05, 3.63) is 51.2 Å². The predicted molar refractivity (Wildman–Crippen MR) is 84.9 cm³/mol. The number of anilines is 1. The van der Waals surface area contributed by atoms with Crippen molar-refractivity contribution < 1.29 is 18.4 Å². The molecule has 1 aliphatic carbocycles. The number of carbonyl (C=O) groups is 2. The molecule has 2 aromatic rings. The van der Waals surface area contributed by atoms with Crippen molar-refractivity contribution >= 4 is 28.7 Å². The number of amides is 1. The number of Topliss-reactive ketones (excluding diaryl/α,β-unsaturated/α-hetero) is 1. The first-order valence-electron chi connectivity index (χ1n) is 7.23. The Balaban J connectivity index is 1.75. The smallest absolute Gasteiger partial charge is 0.228 e. The first kappa shape index (κ1) is 15.8. The molecule has 1 aromatic carbocycles. The molecule has 120 valence electrons. The maximum atomic E-state index is 13.9. The molecule has 2 atom stereocenters. The molecule has 6 heteroatoms. The summed E-state index contributed by atoms with van der Waals surface area (Å²) in [7, 11) is 0. The lowest BCUT2D eigenvalue weighted by molar-refractivity contribution is -0.117. The molecule has 1 N–H and O–H groups in total. The number of ketones is 1. The molecule has 3 rings (SSSR count). The fraction of sp³-hybridized carbons (Fsp3) is 0.294. The molecule has 0 aliphatic heterocycles. The third-order valence-electron chi connectivity index (χ3n) is 4.06. The summed E-state index contributed by atoms with van der Waals surface area (Å²) < 4.78 is 27.9. The van der Waals surface area contributed by atoms with Crippen molar-refractivity contribution in [2.24, 2.45) is 5.92 Å². The van der Waals surface area contributed by atoms with E-state index in [2.05, 4.69) is 5.32 Å². The molecule has 1 aromatic heterocycles. The second kappa shape index (κ2) is 5.85. The first-order valence-corrected chi connectivity index (χ1v) is 8.11. The van der Waals surface area contributed by atoms with Crippen molar-refractivity contribution in [1.29, 1.82) is 0 Å². The van der Waals surface area contributed by atoms with E-state index in [0.717, 1.165) is 22.6 Å². The quantitative estimate of drug-likeness (QED) is 0.848. The zero-order chi connectivity index (χ0) is 16.7. The Labute approximate surface area is 136 Å². The molecule has 0 unspecified atom stereocenters. The molecular weight excluding hydrogens is 320 g/mol. The van der Waals surface area contributed by atoms with Gasteiger partial charge in [-0.25, -0.2) is 8.78 Å². The maximum Gasteiger partial charge on any atom is 0.228 e. The van der Waals surface area contributed by atoms with Gasteiger partial charge < -0.3 is 5.32 Å². The second-order valence-corrected chi connectivity index (χ2v) is 6.72. The topological polar surface area (TPSA) is 46.2 Å². The molecule has 0 radical (unpaired) electrons. The molecule has 1 fully saturated rings. The van der Waals surface area contributed by atoms with E-state index in [1.54, 1.807) is 11.3 Å². The Bertz CT molecular complexity index is 777. The third kappa shape index (κ3) is 3.03. The van der Waals surface area contributed by atoms with Crippen molar-refractivity contribution in [3.8, 4) is 0 Å². The van der Waals surface area contributed by atoms with Crippen LogP contribution in [0.4, 0.5) is 14.5 Å². The standard InChI is InChI=1S/C17H15F2NO2S/c1-8-3-4-23-16(8)11-7-12(11)17(22)20-15-13(18)5-10(9(2)21)6-14(15)19/h3-6,11-12H,7H2,1-2H3,(H,20,22)/t11-,12-/m1/s1. The molecule has 3 nitrogen and oxygen atoms in total. The zero-order valence-electron chi connectivity index (χ0n) is 12.7. The van der Waals surface area contributed by atoms with Crippen LogP contribution in [0.3, 0.4) is 0 Å². The Kier molecular flexibility index (Phi) is 4.02. The van der Waals surface area contributed by atoms with Gasteiger partial charge in [0, 0.05) is 22.3 Å². The lowest BCUT2D eigenvalue weighted by Crippen LogP contribution is -2.17. The summed E-state index contributed by atoms with van der Waals surface area (Å²) in [6.45, 7) is 3.21. The summed E-state index contributed by atoms with van der Waals surface area (Å²) in [5, 5.41) is 4.29. The predicted octanol–water partition coefficient (Wildman–Crippen LogP) is 4.28. The minimum atomic E-state index is -0.937. The molecule has 1 amide bonds. The highest BCUT2D eigenvalue weighted by Crippen LogP contribution is 2.50. The highest BCUT2D eigenvalue weighted by Gasteiger charge is 2.45. The van der Waals surface area contributed by atoms with Crippen LogP contribution in [0, 0.1) is 24.5 Å². The van der Waals surface area contributed by atoms with Gasteiger partial charge in [0.2, 0.25) is 5.91 Å². The van der Waals surface area contributed by atoms with E-state index in [1.807, 2.05) is 18.4 Å². The summed E-state index contributed by atoms with van der Waals surface area (Å²) >= 11 is 1.59. The number of rotatable bonds is 4. The Hall–Kier alpha value is -2.08. The maximum absolute atomic E-state index is 13.9. The minimum absolute atomic E-state index is 0.0588. The van der Waals surface area contributed by atoms with Crippen LogP contribution < -0.4 is 5.32 Å². The van der Waals surface area contributed by atoms with Crippen LogP contribution in [0.25, 0.3) is 0 Å². The van der Waals surface area contributed by atoms with E-state index in [0.29, 0.717) is 6.42 Å². The fourth-order valence-electron chi connectivity index (χ4n) is 2.65. The van der Waals surface area contributed by atoms with E-state index in [4.69, 9.17) is 0 Å². The average molecular weight is 335 g/mol. The Morgan fingerprint density at radius 3 is 2.43 bits per heavy atom. The fourth-order valence-corrected chi connectivity index (χ4v) is 3.76. The van der Waals surface area contributed by atoms with Crippen LogP contribution in [0.15, 0.2) is 23.6 Å². The zero-order valence-corrected chi connectivity index (χ0v) is 13.5. The number of aryl methyl sites for hydroxylation is 1. The van der Waals surface area contributed by atoms with Gasteiger partial charge in [-0.05, 0) is 49.4 Å². The van der Waals surface area contributed by atoms with E-state index in [1.165, 1.54) is 6.92 Å². The number of carbonyl (C=O) groups excluding carboxylic acids is 2. The van der Waals surface area contributed by atoms with Gasteiger partial charge in [0.25, 0.3) is 0 Å². The van der Waals surface area contributed by atoms with Crippen molar-refractivity contribution in [2.75, 3.05) is 5.32 Å². The Morgan fingerprint density at radius 1 is 1.26 bits per heavy atom. The average Bonchev–Trinajstić information content (AvgIpc) is 3.17. The number of thiophene rings is 1. The van der Waals surface area contributed by atoms with Crippen LogP contribution in [0.5, 0.6) is 0 Å². The van der Waals surface area contributed by atoms with Gasteiger partial charge in [-0.1, -0.05) is 0 Å². The Morgan fingerprint density at radius 2 is 1.91 bits per heavy atom. The molecule has 0 spiro atoms. The highest BCUT2D eigenvalue weighted by molar-refractivity contribution is 7.10. The van der Waals surface area contributed by atoms with Crippen LogP contribution in [-0.2, 0) is 4.79 Å². The van der Waals surface area contributed by atoms with Gasteiger partial charge in [-0.15, -0.1) is 11.3 Å². The van der Waals surface area contributed by atoms with Gasteiger partial charge in [-0.2, -0.15) is 0 Å². The number of halogens is 2. The normalized spacial score (nSPS) is 19.5. The van der Waals surface area contributed by atoms with E-state index < -0.39 is 29.0 Å². The molecule has 23 heavy (non-hydrogen) atoms. The van der Waals surface area contributed by atoms with E-state index in [9.17, 15) is 18.4 Å². The van der Waals surface area contributed by atoms with E-state index in [-0.39, 0.29) is 17.4 Å². The van der Waals surface area contributed by atoms with Crippen molar-refractivity contribution in [1.82, 2.24) is 0 Å². The lowest BCUT2D eigenvalue weighted by atomic mass is 10.1. The number of benzene rings is 1. The molecule has 1 aliphatic rings. The largest absolute Gasteiger partial charge is 0.321 e. The van der Waals surface area contributed by atoms with Crippen LogP contribution in [0.2, 0.25) is 0 Å². The minimum Gasteiger partial charge on any atom is -0.321 e. The second-order valence-electron chi connectivity index (χ2n) is 5.78. The summed E-state index contributed by atoms with van der Waals surface area (Å²) in [4.78, 5) is 24.5. The third-order valence-corrected chi connectivity index (χ3v) is 5.21. The first-order chi connectivity index (χ1) is 10.9. The molecule has 0 bridgehead atoms. The molecule has 1 heterocycles. The summed E-state index contributed by atoms with van der Waals surface area (Å²) in [6.07, 6.45) is 0.682. The van der Waals surface area contributed by atoms with Gasteiger partial charge in [0.15, 0.2) is 5.78 Å². The monoisotopic (exact) mass is 335 g/mol. The van der Waals surface area contributed by atoms with Gasteiger partial charge >= 0.3 is 0 Å². The van der Waals surface area contributed by atoms with Gasteiger partial charge in [0.05, 0.1) is 0 Å². The van der Waals surface area contributed by atoms with Gasteiger partial charge in [-0.3, -0.25) is 9.59 Å². The van der Waals surface area contributed by atoms with E-state index >= 15 is 0 Å². The lowest BCUT2D eigenvalue weighted by Gasteiger charge is -2.09.